The van der Waals surface area contributed by atoms with Crippen molar-refractivity contribution in [3.8, 4) is 5.75 Å². The maximum Gasteiger partial charge on any atom is 0.410 e. The minimum Gasteiger partial charge on any atom is -0.493 e. The second-order valence-electron chi connectivity index (χ2n) is 9.56. The third kappa shape index (κ3) is 5.92. The van der Waals surface area contributed by atoms with Crippen molar-refractivity contribution in [1.82, 2.24) is 9.21 Å². The van der Waals surface area contributed by atoms with E-state index in [0.717, 1.165) is 57.4 Å². The number of amides is 1. The molecule has 1 amide bonds. The highest BCUT2D eigenvalue weighted by atomic mass is 32.2. The topological polar surface area (TPSA) is 76.2 Å². The molecule has 4 rings (SSSR count). The van der Waals surface area contributed by atoms with E-state index in [1.165, 1.54) is 11.8 Å². The molecule has 8 heteroatoms. The third-order valence-electron chi connectivity index (χ3n) is 6.92. The van der Waals surface area contributed by atoms with Gasteiger partial charge in [0.25, 0.3) is 0 Å². The van der Waals surface area contributed by atoms with Gasteiger partial charge in [-0.25, -0.2) is 17.5 Å². The Labute approximate surface area is 185 Å². The Hall–Kier alpha value is -1.80. The van der Waals surface area contributed by atoms with Crippen molar-refractivity contribution in [3.05, 3.63) is 29.8 Å². The van der Waals surface area contributed by atoms with E-state index in [9.17, 15) is 13.2 Å². The molecule has 3 fully saturated rings. The zero-order valence-corrected chi connectivity index (χ0v) is 19.4. The molecule has 2 aliphatic heterocycles. The van der Waals surface area contributed by atoms with Gasteiger partial charge in [-0.3, -0.25) is 0 Å². The zero-order valence-electron chi connectivity index (χ0n) is 18.6. The van der Waals surface area contributed by atoms with Crippen LogP contribution in [0.4, 0.5) is 4.79 Å². The van der Waals surface area contributed by atoms with Crippen LogP contribution in [0.15, 0.2) is 24.3 Å². The largest absolute Gasteiger partial charge is 0.493 e. The van der Waals surface area contributed by atoms with Crippen LogP contribution in [-0.4, -0.2) is 68.4 Å². The number of sulfonamides is 1. The van der Waals surface area contributed by atoms with Crippen LogP contribution >= 0.6 is 0 Å². The van der Waals surface area contributed by atoms with Gasteiger partial charge in [0, 0.05) is 26.2 Å². The van der Waals surface area contributed by atoms with Gasteiger partial charge < -0.3 is 14.4 Å². The van der Waals surface area contributed by atoms with Gasteiger partial charge in [0.2, 0.25) is 10.0 Å². The Kier molecular flexibility index (Phi) is 6.49. The predicted molar refractivity (Wildman–Crippen MR) is 119 cm³/mol. The van der Waals surface area contributed by atoms with Crippen molar-refractivity contribution in [2.24, 2.45) is 5.92 Å². The van der Waals surface area contributed by atoms with E-state index < -0.39 is 10.0 Å². The van der Waals surface area contributed by atoms with Crippen LogP contribution in [0.25, 0.3) is 0 Å². The van der Waals surface area contributed by atoms with Crippen molar-refractivity contribution in [2.75, 3.05) is 39.0 Å². The van der Waals surface area contributed by atoms with E-state index in [1.54, 1.807) is 4.31 Å². The van der Waals surface area contributed by atoms with Crippen molar-refractivity contribution >= 4 is 16.1 Å². The lowest BCUT2D eigenvalue weighted by atomic mass is 9.90. The van der Waals surface area contributed by atoms with Crippen molar-refractivity contribution in [3.63, 3.8) is 0 Å². The summed E-state index contributed by atoms with van der Waals surface area (Å²) in [5.74, 6) is 1.70. The Morgan fingerprint density at radius 1 is 1.03 bits per heavy atom. The molecular weight excluding hydrogens is 416 g/mol. The predicted octanol–water partition coefficient (Wildman–Crippen LogP) is 3.61. The number of carbonyl (C=O) groups is 1. The second-order valence-corrected chi connectivity index (χ2v) is 11.5. The molecule has 7 nitrogen and oxygen atoms in total. The van der Waals surface area contributed by atoms with Crippen LogP contribution < -0.4 is 4.74 Å². The van der Waals surface area contributed by atoms with Crippen molar-refractivity contribution in [2.45, 2.75) is 57.0 Å². The van der Waals surface area contributed by atoms with Gasteiger partial charge >= 0.3 is 6.09 Å². The number of hydrogen-bond acceptors (Lipinski definition) is 5. The third-order valence-corrected chi connectivity index (χ3v) is 8.22. The lowest BCUT2D eigenvalue weighted by Gasteiger charge is -2.32. The van der Waals surface area contributed by atoms with Crippen LogP contribution in [0.2, 0.25) is 0 Å². The van der Waals surface area contributed by atoms with Gasteiger partial charge in [-0.15, -0.1) is 0 Å². The lowest BCUT2D eigenvalue weighted by molar-refractivity contribution is 0.0456. The number of benzene rings is 1. The first-order valence-corrected chi connectivity index (χ1v) is 13.2. The fourth-order valence-electron chi connectivity index (χ4n) is 4.41. The Balaban J connectivity index is 1.19. The molecule has 1 aromatic rings. The molecule has 2 heterocycles. The average molecular weight is 451 g/mol. The molecule has 0 spiro atoms. The second kappa shape index (κ2) is 8.98. The molecule has 1 aromatic carbocycles. The summed E-state index contributed by atoms with van der Waals surface area (Å²) in [7, 11) is -3.09. The summed E-state index contributed by atoms with van der Waals surface area (Å²) in [5.41, 5.74) is 1.03. The molecule has 31 heavy (non-hydrogen) atoms. The van der Waals surface area contributed by atoms with Gasteiger partial charge in [0.15, 0.2) is 0 Å². The molecule has 172 valence electrons. The van der Waals surface area contributed by atoms with E-state index in [4.69, 9.17) is 9.47 Å². The van der Waals surface area contributed by atoms with Gasteiger partial charge in [-0.2, -0.15) is 0 Å². The van der Waals surface area contributed by atoms with Crippen molar-refractivity contribution in [1.29, 1.82) is 0 Å². The molecule has 0 bridgehead atoms. The summed E-state index contributed by atoms with van der Waals surface area (Å²) >= 11 is 0. The Bertz CT molecular complexity index is 866. The summed E-state index contributed by atoms with van der Waals surface area (Å²) in [4.78, 5) is 14.0. The molecule has 1 aliphatic carbocycles. The molecule has 3 aliphatic rings. The van der Waals surface area contributed by atoms with E-state index in [2.05, 4.69) is 12.1 Å². The Morgan fingerprint density at radius 3 is 2.19 bits per heavy atom. The average Bonchev–Trinajstić information content (AvgIpc) is 3.49. The van der Waals surface area contributed by atoms with Gasteiger partial charge in [-0.05, 0) is 75.0 Å². The molecule has 0 N–H and O–H groups in total. The summed E-state index contributed by atoms with van der Waals surface area (Å²) < 4.78 is 36.5. The van der Waals surface area contributed by atoms with E-state index in [1.807, 2.05) is 24.0 Å². The Morgan fingerprint density at radius 2 is 1.65 bits per heavy atom. The fourth-order valence-corrected chi connectivity index (χ4v) is 5.28. The molecule has 1 saturated carbocycles. The highest BCUT2D eigenvalue weighted by Gasteiger charge is 2.43. The van der Waals surface area contributed by atoms with E-state index in [-0.39, 0.29) is 11.7 Å². The van der Waals surface area contributed by atoms with E-state index in [0.29, 0.717) is 31.5 Å². The number of ether oxygens (including phenoxy) is 2. The number of piperidine rings is 2. The summed E-state index contributed by atoms with van der Waals surface area (Å²) in [6.07, 6.45) is 6.64. The van der Waals surface area contributed by atoms with Gasteiger partial charge in [-0.1, -0.05) is 12.1 Å². The number of likely N-dealkylation sites (tertiary alicyclic amines) is 1. The first kappa shape index (κ1) is 22.4. The maximum atomic E-state index is 12.2. The smallest absolute Gasteiger partial charge is 0.410 e. The molecule has 0 radical (unpaired) electrons. The lowest BCUT2D eigenvalue weighted by Crippen LogP contribution is -2.41. The molecular formula is C23H34N2O5S. The standard InChI is InChI=1S/C23H34N2O5S/c1-23(11-12-23)30-22(26)24-13-7-18(8-14-24)17-29-21-5-3-19(4-6-21)20-9-15-25(16-10-20)31(2,27)28/h3-6,18,20H,7-17H2,1-2H3. The zero-order chi connectivity index (χ0) is 22.1. The monoisotopic (exact) mass is 450 g/mol. The minimum absolute atomic E-state index is 0.169. The van der Waals surface area contributed by atoms with Crippen LogP contribution in [0.3, 0.4) is 0 Å². The highest BCUT2D eigenvalue weighted by molar-refractivity contribution is 7.88. The molecule has 0 aromatic heterocycles. The normalized spacial score (nSPS) is 22.8. The molecule has 2 saturated heterocycles. The van der Waals surface area contributed by atoms with Crippen LogP contribution in [0.1, 0.15) is 56.9 Å². The highest BCUT2D eigenvalue weighted by Crippen LogP contribution is 2.39. The molecule has 0 atom stereocenters. The van der Waals surface area contributed by atoms with Crippen LogP contribution in [0, 0.1) is 5.92 Å². The number of carbonyl (C=O) groups excluding carboxylic acids is 1. The quantitative estimate of drug-likeness (QED) is 0.662. The number of nitrogens with zero attached hydrogens (tertiary/aromatic N) is 2. The summed E-state index contributed by atoms with van der Waals surface area (Å²) in [5, 5.41) is 0. The SMILES string of the molecule is CC1(OC(=O)N2CCC(COc3ccc(C4CCN(S(C)(=O)=O)CC4)cc3)CC2)CC1. The minimum atomic E-state index is -3.09. The van der Waals surface area contributed by atoms with Crippen LogP contribution in [0.5, 0.6) is 5.75 Å². The van der Waals surface area contributed by atoms with Crippen molar-refractivity contribution < 1.29 is 22.7 Å². The fraction of sp³-hybridized carbons (Fsp3) is 0.696. The number of hydrogen-bond donors (Lipinski definition) is 0. The maximum absolute atomic E-state index is 12.2. The summed E-state index contributed by atoms with van der Waals surface area (Å²) in [6, 6.07) is 8.24. The molecule has 0 unspecified atom stereocenters. The van der Waals surface area contributed by atoms with Crippen LogP contribution in [-0.2, 0) is 14.8 Å². The first-order valence-electron chi connectivity index (χ1n) is 11.4. The van der Waals surface area contributed by atoms with E-state index >= 15 is 0 Å². The first-order chi connectivity index (χ1) is 14.7. The summed E-state index contributed by atoms with van der Waals surface area (Å²) in [6.45, 7) is 5.30. The van der Waals surface area contributed by atoms with Gasteiger partial charge in [0.1, 0.15) is 11.4 Å². The van der Waals surface area contributed by atoms with Gasteiger partial charge in [0.05, 0.1) is 12.9 Å². The number of rotatable bonds is 6.